The van der Waals surface area contributed by atoms with Crippen LogP contribution >= 0.6 is 15.9 Å². The van der Waals surface area contributed by atoms with Crippen molar-refractivity contribution in [3.05, 3.63) is 46.2 Å². The minimum absolute atomic E-state index is 0.00583. The molecule has 0 saturated carbocycles. The van der Waals surface area contributed by atoms with E-state index in [1.807, 2.05) is 25.2 Å². The SMILES string of the molecule is Cn1nncc1C(Cc1ccccc1Br)NN. The van der Waals surface area contributed by atoms with Gasteiger partial charge in [-0.3, -0.25) is 16.0 Å². The molecule has 0 amide bonds. The minimum atomic E-state index is -0.00583. The molecule has 0 bridgehead atoms. The van der Waals surface area contributed by atoms with Gasteiger partial charge in [0.2, 0.25) is 0 Å². The molecule has 0 spiro atoms. The van der Waals surface area contributed by atoms with Crippen LogP contribution in [0.2, 0.25) is 0 Å². The summed E-state index contributed by atoms with van der Waals surface area (Å²) in [6.45, 7) is 0. The predicted octanol–water partition coefficient (Wildman–Crippen LogP) is 1.32. The first-order valence-electron chi connectivity index (χ1n) is 5.26. The van der Waals surface area contributed by atoms with Crippen LogP contribution in [0.4, 0.5) is 0 Å². The molecular formula is C11H14BrN5. The first-order valence-corrected chi connectivity index (χ1v) is 6.05. The van der Waals surface area contributed by atoms with E-state index in [4.69, 9.17) is 5.84 Å². The molecular weight excluding hydrogens is 282 g/mol. The largest absolute Gasteiger partial charge is 0.271 e. The molecule has 1 unspecified atom stereocenters. The van der Waals surface area contributed by atoms with Gasteiger partial charge in [-0.05, 0) is 18.1 Å². The summed E-state index contributed by atoms with van der Waals surface area (Å²) in [4.78, 5) is 0. The summed E-state index contributed by atoms with van der Waals surface area (Å²) in [5.41, 5.74) is 4.95. The number of hydrogen-bond donors (Lipinski definition) is 2. The number of halogens is 1. The zero-order valence-corrected chi connectivity index (χ0v) is 11.1. The lowest BCUT2D eigenvalue weighted by Gasteiger charge is -2.16. The Morgan fingerprint density at radius 2 is 2.24 bits per heavy atom. The Kier molecular flexibility index (Phi) is 3.88. The number of aryl methyl sites for hydroxylation is 1. The fraction of sp³-hybridized carbons (Fsp3) is 0.273. The molecule has 0 fully saturated rings. The zero-order valence-electron chi connectivity index (χ0n) is 9.47. The van der Waals surface area contributed by atoms with Crippen LogP contribution in [0.3, 0.4) is 0 Å². The third kappa shape index (κ3) is 2.71. The van der Waals surface area contributed by atoms with E-state index in [0.717, 1.165) is 16.6 Å². The molecule has 5 nitrogen and oxygen atoms in total. The molecule has 0 saturated heterocycles. The standard InChI is InChI=1S/C11H14BrN5/c1-17-11(7-14-16-17)10(15-13)6-8-4-2-3-5-9(8)12/h2-5,7,10,15H,6,13H2,1H3. The molecule has 0 aliphatic carbocycles. The van der Waals surface area contributed by atoms with Crippen molar-refractivity contribution in [1.82, 2.24) is 20.4 Å². The Labute approximate surface area is 108 Å². The van der Waals surface area contributed by atoms with E-state index < -0.39 is 0 Å². The first kappa shape index (κ1) is 12.2. The Bertz CT molecular complexity index is 496. The van der Waals surface area contributed by atoms with Crippen molar-refractivity contribution in [2.45, 2.75) is 12.5 Å². The van der Waals surface area contributed by atoms with E-state index in [9.17, 15) is 0 Å². The average molecular weight is 296 g/mol. The van der Waals surface area contributed by atoms with Gasteiger partial charge in [0.25, 0.3) is 0 Å². The van der Waals surface area contributed by atoms with Crippen molar-refractivity contribution < 1.29 is 0 Å². The Hall–Kier alpha value is -1.24. The predicted molar refractivity (Wildman–Crippen MR) is 68.9 cm³/mol. The molecule has 17 heavy (non-hydrogen) atoms. The van der Waals surface area contributed by atoms with Gasteiger partial charge in [0.05, 0.1) is 17.9 Å². The minimum Gasteiger partial charge on any atom is -0.271 e. The van der Waals surface area contributed by atoms with Crippen molar-refractivity contribution in [3.8, 4) is 0 Å². The molecule has 6 heteroatoms. The number of nitrogens with zero attached hydrogens (tertiary/aromatic N) is 3. The summed E-state index contributed by atoms with van der Waals surface area (Å²) in [6, 6.07) is 8.08. The molecule has 0 aliphatic heterocycles. The van der Waals surface area contributed by atoms with Crippen LogP contribution in [0, 0.1) is 0 Å². The second-order valence-electron chi connectivity index (χ2n) is 3.80. The topological polar surface area (TPSA) is 68.8 Å². The maximum Gasteiger partial charge on any atom is 0.0770 e. The van der Waals surface area contributed by atoms with Gasteiger partial charge in [0.1, 0.15) is 0 Å². The maximum absolute atomic E-state index is 5.60. The first-order chi connectivity index (χ1) is 8.22. The summed E-state index contributed by atoms with van der Waals surface area (Å²) < 4.78 is 2.80. The number of hydrazine groups is 1. The van der Waals surface area contributed by atoms with E-state index >= 15 is 0 Å². The van der Waals surface area contributed by atoms with Crippen LogP contribution in [0.5, 0.6) is 0 Å². The third-order valence-corrected chi connectivity index (χ3v) is 3.46. The van der Waals surface area contributed by atoms with Crippen LogP contribution in [0.15, 0.2) is 34.9 Å². The summed E-state index contributed by atoms with van der Waals surface area (Å²) in [7, 11) is 1.85. The zero-order chi connectivity index (χ0) is 12.3. The lowest BCUT2D eigenvalue weighted by Crippen LogP contribution is -2.31. The van der Waals surface area contributed by atoms with E-state index in [2.05, 4.69) is 37.7 Å². The van der Waals surface area contributed by atoms with E-state index in [-0.39, 0.29) is 6.04 Å². The van der Waals surface area contributed by atoms with E-state index in [1.54, 1.807) is 10.9 Å². The van der Waals surface area contributed by atoms with Crippen LogP contribution in [-0.2, 0) is 13.5 Å². The highest BCUT2D eigenvalue weighted by atomic mass is 79.9. The number of nitrogens with one attached hydrogen (secondary N) is 1. The van der Waals surface area contributed by atoms with Gasteiger partial charge in [-0.25, -0.2) is 0 Å². The monoisotopic (exact) mass is 295 g/mol. The molecule has 1 heterocycles. The van der Waals surface area contributed by atoms with Crippen LogP contribution in [-0.4, -0.2) is 15.0 Å². The highest BCUT2D eigenvalue weighted by Gasteiger charge is 2.15. The quantitative estimate of drug-likeness (QED) is 0.659. The lowest BCUT2D eigenvalue weighted by atomic mass is 10.0. The molecule has 1 aromatic carbocycles. The smallest absolute Gasteiger partial charge is 0.0770 e. The van der Waals surface area contributed by atoms with Gasteiger partial charge < -0.3 is 0 Å². The second-order valence-corrected chi connectivity index (χ2v) is 4.65. The number of nitrogens with two attached hydrogens (primary N) is 1. The highest BCUT2D eigenvalue weighted by Crippen LogP contribution is 2.22. The van der Waals surface area contributed by atoms with Crippen molar-refractivity contribution >= 4 is 15.9 Å². The number of benzene rings is 1. The molecule has 2 aromatic rings. The van der Waals surface area contributed by atoms with E-state index in [0.29, 0.717) is 0 Å². The normalized spacial score (nSPS) is 12.6. The number of hydrogen-bond acceptors (Lipinski definition) is 4. The van der Waals surface area contributed by atoms with Crippen molar-refractivity contribution in [3.63, 3.8) is 0 Å². The molecule has 3 N–H and O–H groups in total. The second kappa shape index (κ2) is 5.39. The van der Waals surface area contributed by atoms with Crippen LogP contribution in [0.1, 0.15) is 17.3 Å². The van der Waals surface area contributed by atoms with Gasteiger partial charge in [-0.2, -0.15) is 0 Å². The molecule has 0 aliphatic rings. The van der Waals surface area contributed by atoms with Crippen molar-refractivity contribution in [1.29, 1.82) is 0 Å². The van der Waals surface area contributed by atoms with Gasteiger partial charge in [-0.1, -0.05) is 39.3 Å². The Morgan fingerprint density at radius 3 is 2.82 bits per heavy atom. The fourth-order valence-corrected chi connectivity index (χ4v) is 2.19. The summed E-state index contributed by atoms with van der Waals surface area (Å²) in [5, 5.41) is 7.77. The molecule has 1 atom stereocenters. The molecule has 0 radical (unpaired) electrons. The summed E-state index contributed by atoms with van der Waals surface area (Å²) in [6.07, 6.45) is 2.50. The highest BCUT2D eigenvalue weighted by molar-refractivity contribution is 9.10. The number of aromatic nitrogens is 3. The van der Waals surface area contributed by atoms with Gasteiger partial charge in [0, 0.05) is 11.5 Å². The summed E-state index contributed by atoms with van der Waals surface area (Å²) in [5.74, 6) is 5.60. The van der Waals surface area contributed by atoms with Crippen molar-refractivity contribution in [2.24, 2.45) is 12.9 Å². The summed E-state index contributed by atoms with van der Waals surface area (Å²) >= 11 is 3.53. The number of rotatable bonds is 4. The maximum atomic E-state index is 5.60. The Balaban J connectivity index is 2.22. The van der Waals surface area contributed by atoms with Gasteiger partial charge in [-0.15, -0.1) is 5.10 Å². The Morgan fingerprint density at radius 1 is 1.47 bits per heavy atom. The molecule has 2 rings (SSSR count). The average Bonchev–Trinajstić information content (AvgIpc) is 2.75. The molecule has 1 aromatic heterocycles. The van der Waals surface area contributed by atoms with Gasteiger partial charge in [0.15, 0.2) is 0 Å². The van der Waals surface area contributed by atoms with E-state index in [1.165, 1.54) is 5.56 Å². The third-order valence-electron chi connectivity index (χ3n) is 2.69. The van der Waals surface area contributed by atoms with Crippen LogP contribution < -0.4 is 11.3 Å². The molecule has 90 valence electrons. The van der Waals surface area contributed by atoms with Gasteiger partial charge >= 0.3 is 0 Å². The fourth-order valence-electron chi connectivity index (χ4n) is 1.75. The van der Waals surface area contributed by atoms with Crippen molar-refractivity contribution in [2.75, 3.05) is 0 Å². The lowest BCUT2D eigenvalue weighted by molar-refractivity contribution is 0.506. The van der Waals surface area contributed by atoms with Crippen LogP contribution in [0.25, 0.3) is 0 Å².